The number of hydrogen-bond acceptors (Lipinski definition) is 5. The number of nitrogens with zero attached hydrogens (tertiary/aromatic N) is 2. The van der Waals surface area contributed by atoms with Crippen LogP contribution in [0.5, 0.6) is 0 Å². The summed E-state index contributed by atoms with van der Waals surface area (Å²) in [5, 5.41) is 11.3. The van der Waals surface area contributed by atoms with Crippen LogP contribution in [0.25, 0.3) is 0 Å². The minimum Gasteiger partial charge on any atom is -0.409 e. The smallest absolute Gasteiger partial charge is 0.279 e. The molecule has 0 unspecified atom stereocenters. The molecule has 106 valence electrons. The van der Waals surface area contributed by atoms with Crippen molar-refractivity contribution >= 4 is 16.0 Å². The van der Waals surface area contributed by atoms with Gasteiger partial charge in [0.05, 0.1) is 6.61 Å². The Labute approximate surface area is 107 Å². The molecule has 0 radical (unpaired) electrons. The molecule has 0 aromatic heterocycles. The molecular weight excluding hydrogens is 260 g/mol. The van der Waals surface area contributed by atoms with Crippen molar-refractivity contribution in [1.29, 1.82) is 0 Å². The third-order valence-corrected chi connectivity index (χ3v) is 4.20. The van der Waals surface area contributed by atoms with E-state index in [2.05, 4.69) is 9.88 Å². The Morgan fingerprint density at radius 2 is 2.22 bits per heavy atom. The number of nitrogens with two attached hydrogens (primary N) is 1. The average molecular weight is 280 g/mol. The molecule has 1 fully saturated rings. The molecule has 0 saturated heterocycles. The molecule has 0 heterocycles. The Balaban J connectivity index is 2.57. The van der Waals surface area contributed by atoms with Crippen molar-refractivity contribution in [2.75, 3.05) is 26.8 Å². The average Bonchev–Trinajstić information content (AvgIpc) is 3.11. The lowest BCUT2D eigenvalue weighted by atomic mass is 10.4. The van der Waals surface area contributed by atoms with Crippen LogP contribution in [-0.4, -0.2) is 56.6 Å². The van der Waals surface area contributed by atoms with Crippen LogP contribution in [-0.2, 0) is 14.9 Å². The molecular formula is C9H20N4O4S. The van der Waals surface area contributed by atoms with Gasteiger partial charge in [-0.2, -0.15) is 17.4 Å². The third kappa shape index (κ3) is 5.17. The minimum atomic E-state index is -3.52. The number of methoxy groups -OCH3 is 1. The monoisotopic (exact) mass is 280 g/mol. The van der Waals surface area contributed by atoms with Gasteiger partial charge in [-0.1, -0.05) is 5.16 Å². The van der Waals surface area contributed by atoms with Crippen LogP contribution in [0.3, 0.4) is 0 Å². The quantitative estimate of drug-likeness (QED) is 0.218. The maximum Gasteiger partial charge on any atom is 0.279 e. The van der Waals surface area contributed by atoms with E-state index < -0.39 is 10.2 Å². The molecule has 1 rings (SSSR count). The second kappa shape index (κ2) is 6.88. The van der Waals surface area contributed by atoms with E-state index in [0.29, 0.717) is 6.61 Å². The Morgan fingerprint density at radius 1 is 1.56 bits per heavy atom. The van der Waals surface area contributed by atoms with Crippen LogP contribution in [0.1, 0.15) is 19.3 Å². The molecule has 0 amide bonds. The van der Waals surface area contributed by atoms with Gasteiger partial charge >= 0.3 is 0 Å². The predicted octanol–water partition coefficient (Wildman–Crippen LogP) is -0.932. The first-order chi connectivity index (χ1) is 8.49. The summed E-state index contributed by atoms with van der Waals surface area (Å²) in [5.41, 5.74) is 5.33. The Kier molecular flexibility index (Phi) is 5.79. The highest BCUT2D eigenvalue weighted by atomic mass is 32.2. The van der Waals surface area contributed by atoms with Crippen LogP contribution < -0.4 is 10.5 Å². The van der Waals surface area contributed by atoms with Gasteiger partial charge < -0.3 is 15.7 Å². The summed E-state index contributed by atoms with van der Waals surface area (Å²) in [5.74, 6) is -0.000890. The molecule has 9 heteroatoms. The SMILES string of the molecule is COCCN(CCC(N)=NO)S(=O)(=O)NC1CC1. The molecule has 1 aliphatic rings. The largest absolute Gasteiger partial charge is 0.409 e. The maximum atomic E-state index is 12.0. The zero-order chi connectivity index (χ0) is 13.6. The van der Waals surface area contributed by atoms with Gasteiger partial charge in [0, 0.05) is 32.7 Å². The fourth-order valence-corrected chi connectivity index (χ4v) is 2.77. The number of ether oxygens (including phenoxy) is 1. The van der Waals surface area contributed by atoms with E-state index in [1.807, 2.05) is 0 Å². The first kappa shape index (κ1) is 15.2. The highest BCUT2D eigenvalue weighted by molar-refractivity contribution is 7.87. The van der Waals surface area contributed by atoms with Crippen molar-refractivity contribution in [3.05, 3.63) is 0 Å². The summed E-state index contributed by atoms with van der Waals surface area (Å²) in [6, 6.07) is 0.0453. The maximum absolute atomic E-state index is 12.0. The van der Waals surface area contributed by atoms with Gasteiger partial charge in [0.25, 0.3) is 10.2 Å². The van der Waals surface area contributed by atoms with Gasteiger partial charge in [-0.15, -0.1) is 0 Å². The van der Waals surface area contributed by atoms with E-state index in [-0.39, 0.29) is 31.4 Å². The van der Waals surface area contributed by atoms with E-state index in [0.717, 1.165) is 12.8 Å². The van der Waals surface area contributed by atoms with Gasteiger partial charge in [-0.25, -0.2) is 0 Å². The van der Waals surface area contributed by atoms with Crippen molar-refractivity contribution in [1.82, 2.24) is 9.03 Å². The Bertz CT molecular complexity index is 380. The molecule has 1 aliphatic carbocycles. The van der Waals surface area contributed by atoms with Crippen molar-refractivity contribution in [2.45, 2.75) is 25.3 Å². The van der Waals surface area contributed by atoms with Crippen molar-refractivity contribution in [2.24, 2.45) is 10.9 Å². The Hall–Kier alpha value is -0.900. The highest BCUT2D eigenvalue weighted by Crippen LogP contribution is 2.20. The number of nitrogens with one attached hydrogen (secondary N) is 1. The number of amidine groups is 1. The first-order valence-corrected chi connectivity index (χ1v) is 7.16. The van der Waals surface area contributed by atoms with Crippen LogP contribution in [0.2, 0.25) is 0 Å². The lowest BCUT2D eigenvalue weighted by molar-refractivity contribution is 0.179. The predicted molar refractivity (Wildman–Crippen MR) is 66.6 cm³/mol. The molecule has 1 saturated carbocycles. The summed E-state index contributed by atoms with van der Waals surface area (Å²) < 4.78 is 32.7. The molecule has 0 aliphatic heterocycles. The van der Waals surface area contributed by atoms with Crippen molar-refractivity contribution in [3.63, 3.8) is 0 Å². The van der Waals surface area contributed by atoms with Crippen molar-refractivity contribution < 1.29 is 18.4 Å². The fourth-order valence-electron chi connectivity index (χ4n) is 1.32. The van der Waals surface area contributed by atoms with E-state index in [9.17, 15) is 8.42 Å². The molecule has 0 bridgehead atoms. The minimum absolute atomic E-state index is 0.000890. The van der Waals surface area contributed by atoms with Crippen LogP contribution >= 0.6 is 0 Å². The number of rotatable bonds is 9. The zero-order valence-corrected chi connectivity index (χ0v) is 11.2. The summed E-state index contributed by atoms with van der Waals surface area (Å²) >= 11 is 0. The molecule has 0 aromatic carbocycles. The Morgan fingerprint density at radius 3 is 2.72 bits per heavy atom. The van der Waals surface area contributed by atoms with Crippen molar-refractivity contribution in [3.8, 4) is 0 Å². The first-order valence-electron chi connectivity index (χ1n) is 5.72. The van der Waals surface area contributed by atoms with Gasteiger partial charge in [0.15, 0.2) is 0 Å². The lowest BCUT2D eigenvalue weighted by Crippen LogP contribution is -2.44. The second-order valence-electron chi connectivity index (χ2n) is 4.13. The summed E-state index contributed by atoms with van der Waals surface area (Å²) in [7, 11) is -2.02. The fraction of sp³-hybridized carbons (Fsp3) is 0.889. The summed E-state index contributed by atoms with van der Waals surface area (Å²) in [6.45, 7) is 0.681. The van der Waals surface area contributed by atoms with Crippen LogP contribution in [0, 0.1) is 0 Å². The molecule has 8 nitrogen and oxygen atoms in total. The second-order valence-corrected chi connectivity index (χ2v) is 5.83. The summed E-state index contributed by atoms with van der Waals surface area (Å²) in [6.07, 6.45) is 1.92. The third-order valence-electron chi connectivity index (χ3n) is 2.52. The van der Waals surface area contributed by atoms with Gasteiger partial charge in [0.2, 0.25) is 0 Å². The zero-order valence-electron chi connectivity index (χ0n) is 10.4. The number of oxime groups is 1. The van der Waals surface area contributed by atoms with Crippen LogP contribution in [0.15, 0.2) is 5.16 Å². The lowest BCUT2D eigenvalue weighted by Gasteiger charge is -2.21. The number of hydrogen-bond donors (Lipinski definition) is 3. The van der Waals surface area contributed by atoms with Gasteiger partial charge in [-0.3, -0.25) is 0 Å². The van der Waals surface area contributed by atoms with Gasteiger partial charge in [0.1, 0.15) is 5.84 Å². The molecule has 0 atom stereocenters. The molecule has 0 aromatic rings. The molecule has 4 N–H and O–H groups in total. The van der Waals surface area contributed by atoms with E-state index >= 15 is 0 Å². The van der Waals surface area contributed by atoms with E-state index in [1.54, 1.807) is 0 Å². The van der Waals surface area contributed by atoms with E-state index in [1.165, 1.54) is 11.4 Å². The topological polar surface area (TPSA) is 117 Å². The summed E-state index contributed by atoms with van der Waals surface area (Å²) in [4.78, 5) is 0. The molecule has 0 spiro atoms. The normalized spacial score (nSPS) is 17.3. The van der Waals surface area contributed by atoms with Crippen LogP contribution in [0.4, 0.5) is 0 Å². The molecule has 18 heavy (non-hydrogen) atoms. The standard InChI is InChI=1S/C9H20N4O4S/c1-17-7-6-13(5-4-9(10)11-14)18(15,16)12-8-2-3-8/h8,12,14H,2-7H2,1H3,(H2,10,11). The van der Waals surface area contributed by atoms with Gasteiger partial charge in [-0.05, 0) is 12.8 Å². The van der Waals surface area contributed by atoms with E-state index in [4.69, 9.17) is 15.7 Å². The highest BCUT2D eigenvalue weighted by Gasteiger charge is 2.30.